The lowest BCUT2D eigenvalue weighted by molar-refractivity contribution is 0.0734. The quantitative estimate of drug-likeness (QED) is 0.373. The molecule has 0 aliphatic heterocycles. The van der Waals surface area contributed by atoms with Crippen molar-refractivity contribution in [3.8, 4) is 28.7 Å². The maximum absolute atomic E-state index is 12.1. The maximum Gasteiger partial charge on any atom is 0.343 e. The third-order valence-electron chi connectivity index (χ3n) is 3.96. The number of carbonyl (C=O) groups excluding carboxylic acids is 1. The highest BCUT2D eigenvalue weighted by Gasteiger charge is 2.10. The molecule has 28 heavy (non-hydrogen) atoms. The maximum atomic E-state index is 12.1. The average Bonchev–Trinajstić information content (AvgIpc) is 2.70. The van der Waals surface area contributed by atoms with Crippen molar-refractivity contribution in [2.24, 2.45) is 0 Å². The summed E-state index contributed by atoms with van der Waals surface area (Å²) in [6.07, 6.45) is 0. The van der Waals surface area contributed by atoms with Gasteiger partial charge in [-0.1, -0.05) is 0 Å². The summed E-state index contributed by atoms with van der Waals surface area (Å²) < 4.78 is 21.6. The number of phenols is 1. The van der Waals surface area contributed by atoms with Crippen LogP contribution in [-0.4, -0.2) is 25.0 Å². The predicted octanol–water partition coefficient (Wildman–Crippen LogP) is 4.34. The third-order valence-corrected chi connectivity index (χ3v) is 3.96. The first kappa shape index (κ1) is 19.1. The standard InChI is InChI=1S/C22H20O6/c1-15-13-20(28-22(24)16-3-5-17(23)6-4-16)11-12-21(15)27-14-26-19-9-7-18(25-2)8-10-19/h3-13,23H,14H2,1-2H3. The van der Waals surface area contributed by atoms with Gasteiger partial charge in [-0.3, -0.25) is 0 Å². The van der Waals surface area contributed by atoms with Crippen LogP contribution in [0.2, 0.25) is 0 Å². The van der Waals surface area contributed by atoms with Crippen molar-refractivity contribution in [3.05, 3.63) is 77.9 Å². The van der Waals surface area contributed by atoms with Crippen LogP contribution < -0.4 is 18.9 Å². The van der Waals surface area contributed by atoms with E-state index < -0.39 is 5.97 Å². The van der Waals surface area contributed by atoms with Crippen molar-refractivity contribution in [3.63, 3.8) is 0 Å². The van der Waals surface area contributed by atoms with E-state index in [1.165, 1.54) is 24.3 Å². The minimum absolute atomic E-state index is 0.0415. The molecule has 0 aliphatic carbocycles. The molecule has 0 heterocycles. The molecular weight excluding hydrogens is 360 g/mol. The number of carbonyl (C=O) groups is 1. The van der Waals surface area contributed by atoms with Crippen LogP contribution in [0.25, 0.3) is 0 Å². The first-order chi connectivity index (χ1) is 13.5. The molecule has 0 saturated heterocycles. The van der Waals surface area contributed by atoms with E-state index >= 15 is 0 Å². The molecule has 0 atom stereocenters. The molecule has 6 nitrogen and oxygen atoms in total. The van der Waals surface area contributed by atoms with Crippen molar-refractivity contribution in [2.45, 2.75) is 6.92 Å². The van der Waals surface area contributed by atoms with Crippen molar-refractivity contribution in [1.29, 1.82) is 0 Å². The third kappa shape index (κ3) is 4.94. The van der Waals surface area contributed by atoms with E-state index in [9.17, 15) is 9.90 Å². The number of ether oxygens (including phenoxy) is 4. The van der Waals surface area contributed by atoms with E-state index in [0.29, 0.717) is 22.8 Å². The highest BCUT2D eigenvalue weighted by molar-refractivity contribution is 5.91. The van der Waals surface area contributed by atoms with E-state index in [2.05, 4.69) is 0 Å². The van der Waals surface area contributed by atoms with Gasteiger partial charge in [-0.2, -0.15) is 0 Å². The van der Waals surface area contributed by atoms with Crippen LogP contribution in [0.3, 0.4) is 0 Å². The first-order valence-corrected chi connectivity index (χ1v) is 8.56. The Morgan fingerprint density at radius 1 is 0.857 bits per heavy atom. The highest BCUT2D eigenvalue weighted by atomic mass is 16.7. The molecule has 0 radical (unpaired) electrons. The van der Waals surface area contributed by atoms with E-state index in [4.69, 9.17) is 18.9 Å². The van der Waals surface area contributed by atoms with Crippen LogP contribution in [0.15, 0.2) is 66.7 Å². The number of esters is 1. The van der Waals surface area contributed by atoms with Crippen LogP contribution in [0.1, 0.15) is 15.9 Å². The second-order valence-corrected chi connectivity index (χ2v) is 5.95. The summed E-state index contributed by atoms with van der Waals surface area (Å²) in [5.74, 6) is 2.03. The zero-order valence-corrected chi connectivity index (χ0v) is 15.5. The van der Waals surface area contributed by atoms with Gasteiger partial charge in [0.2, 0.25) is 6.79 Å². The van der Waals surface area contributed by atoms with Gasteiger partial charge in [0.25, 0.3) is 0 Å². The van der Waals surface area contributed by atoms with Gasteiger partial charge in [0.05, 0.1) is 12.7 Å². The number of benzene rings is 3. The smallest absolute Gasteiger partial charge is 0.343 e. The van der Waals surface area contributed by atoms with Crippen LogP contribution in [-0.2, 0) is 0 Å². The van der Waals surface area contributed by atoms with Gasteiger partial charge in [0, 0.05) is 0 Å². The molecule has 0 aliphatic rings. The molecule has 0 bridgehead atoms. The zero-order valence-electron chi connectivity index (χ0n) is 15.5. The Kier molecular flexibility index (Phi) is 6.01. The number of rotatable bonds is 7. The molecule has 3 aromatic rings. The minimum Gasteiger partial charge on any atom is -0.508 e. The fourth-order valence-electron chi connectivity index (χ4n) is 2.44. The van der Waals surface area contributed by atoms with Crippen molar-refractivity contribution in [1.82, 2.24) is 0 Å². The fourth-order valence-corrected chi connectivity index (χ4v) is 2.44. The lowest BCUT2D eigenvalue weighted by Crippen LogP contribution is -2.09. The Bertz CT molecular complexity index is 932. The Balaban J connectivity index is 1.55. The molecule has 1 N–H and O–H groups in total. The van der Waals surface area contributed by atoms with Gasteiger partial charge in [0.1, 0.15) is 28.7 Å². The number of hydrogen-bond donors (Lipinski definition) is 1. The van der Waals surface area contributed by atoms with Crippen molar-refractivity contribution >= 4 is 5.97 Å². The van der Waals surface area contributed by atoms with Gasteiger partial charge in [-0.15, -0.1) is 0 Å². The molecule has 0 spiro atoms. The summed E-state index contributed by atoms with van der Waals surface area (Å²) in [7, 11) is 1.60. The number of phenolic OH excluding ortho intramolecular Hbond substituents is 1. The van der Waals surface area contributed by atoms with Gasteiger partial charge < -0.3 is 24.1 Å². The van der Waals surface area contributed by atoms with E-state index in [-0.39, 0.29) is 12.5 Å². The zero-order chi connectivity index (χ0) is 19.9. The van der Waals surface area contributed by atoms with Gasteiger partial charge in [0.15, 0.2) is 0 Å². The Hall–Kier alpha value is -3.67. The number of aryl methyl sites for hydroxylation is 1. The van der Waals surface area contributed by atoms with Crippen LogP contribution in [0, 0.1) is 6.92 Å². The largest absolute Gasteiger partial charge is 0.508 e. The molecule has 0 unspecified atom stereocenters. The minimum atomic E-state index is -0.504. The average molecular weight is 380 g/mol. The molecule has 0 amide bonds. The van der Waals surface area contributed by atoms with E-state index in [0.717, 1.165) is 11.3 Å². The van der Waals surface area contributed by atoms with Crippen molar-refractivity contribution < 1.29 is 28.8 Å². The highest BCUT2D eigenvalue weighted by Crippen LogP contribution is 2.25. The lowest BCUT2D eigenvalue weighted by atomic mass is 10.2. The van der Waals surface area contributed by atoms with Crippen LogP contribution in [0.4, 0.5) is 0 Å². The first-order valence-electron chi connectivity index (χ1n) is 8.56. The van der Waals surface area contributed by atoms with Gasteiger partial charge in [-0.25, -0.2) is 4.79 Å². The topological polar surface area (TPSA) is 74.2 Å². The normalized spacial score (nSPS) is 10.2. The molecule has 0 saturated carbocycles. The second kappa shape index (κ2) is 8.81. The SMILES string of the molecule is COc1ccc(OCOc2ccc(OC(=O)c3ccc(O)cc3)cc2C)cc1. The molecule has 144 valence electrons. The summed E-state index contributed by atoms with van der Waals surface area (Å²) in [6.45, 7) is 1.89. The summed E-state index contributed by atoms with van der Waals surface area (Å²) >= 11 is 0. The molecular formula is C22H20O6. The lowest BCUT2D eigenvalue weighted by Gasteiger charge is -2.12. The summed E-state index contributed by atoms with van der Waals surface area (Å²) in [5.41, 5.74) is 1.15. The Morgan fingerprint density at radius 2 is 1.50 bits per heavy atom. The monoisotopic (exact) mass is 380 g/mol. The molecule has 3 rings (SSSR count). The van der Waals surface area contributed by atoms with Crippen molar-refractivity contribution in [2.75, 3.05) is 13.9 Å². The van der Waals surface area contributed by atoms with E-state index in [1.807, 2.05) is 6.92 Å². The van der Waals surface area contributed by atoms with E-state index in [1.54, 1.807) is 49.6 Å². The molecule has 3 aromatic carbocycles. The van der Waals surface area contributed by atoms with Gasteiger partial charge >= 0.3 is 5.97 Å². The predicted molar refractivity (Wildman–Crippen MR) is 103 cm³/mol. The summed E-state index contributed by atoms with van der Waals surface area (Å²) in [5, 5.41) is 9.28. The Labute approximate surface area is 162 Å². The summed E-state index contributed by atoms with van der Waals surface area (Å²) in [6, 6.07) is 18.1. The number of methoxy groups -OCH3 is 1. The molecule has 6 heteroatoms. The Morgan fingerprint density at radius 3 is 2.14 bits per heavy atom. The number of hydrogen-bond acceptors (Lipinski definition) is 6. The number of aromatic hydroxyl groups is 1. The van der Waals surface area contributed by atoms with Crippen LogP contribution >= 0.6 is 0 Å². The fraction of sp³-hybridized carbons (Fsp3) is 0.136. The van der Waals surface area contributed by atoms with Gasteiger partial charge in [-0.05, 0) is 79.2 Å². The molecule has 0 aromatic heterocycles. The van der Waals surface area contributed by atoms with Crippen LogP contribution in [0.5, 0.6) is 28.7 Å². The molecule has 0 fully saturated rings. The summed E-state index contributed by atoms with van der Waals surface area (Å²) in [4.78, 5) is 12.1. The second-order valence-electron chi connectivity index (χ2n) is 5.95.